The van der Waals surface area contributed by atoms with Crippen LogP contribution in [0.3, 0.4) is 0 Å². The van der Waals surface area contributed by atoms with Gasteiger partial charge in [-0.05, 0) is 51.0 Å². The maximum atomic E-state index is 13.5. The predicted octanol–water partition coefficient (Wildman–Crippen LogP) is 2.82. The number of nitrogens with zero attached hydrogens (tertiary/aromatic N) is 1. The summed E-state index contributed by atoms with van der Waals surface area (Å²) in [6.45, 7) is 3.88. The predicted molar refractivity (Wildman–Crippen MR) is 105 cm³/mol. The number of sulfone groups is 2. The van der Waals surface area contributed by atoms with Gasteiger partial charge in [0.2, 0.25) is 15.3 Å². The van der Waals surface area contributed by atoms with Crippen LogP contribution in [0.1, 0.15) is 26.7 Å². The van der Waals surface area contributed by atoms with Gasteiger partial charge in [0.05, 0.1) is 15.8 Å². The standard InChI is InChI=1S/C20H23NO5S2/c1-20(2)14-13-17-18(27(22,23)15-9-5-3-6-10-15)19(26-21(17)20)28(24,25)16-11-7-4-8-12-16/h3-12,17-19H,13-14H2,1-2H3/t17-,18+,19+/m1/s1. The Kier molecular flexibility index (Phi) is 4.65. The molecule has 2 fully saturated rings. The molecular formula is C20H23NO5S2. The number of hydroxylamine groups is 2. The number of hydrogen-bond acceptors (Lipinski definition) is 6. The van der Waals surface area contributed by atoms with Crippen LogP contribution >= 0.6 is 0 Å². The molecule has 0 N–H and O–H groups in total. The summed E-state index contributed by atoms with van der Waals surface area (Å²) in [6, 6.07) is 15.4. The summed E-state index contributed by atoms with van der Waals surface area (Å²) >= 11 is 0. The first-order valence-corrected chi connectivity index (χ1v) is 12.3. The Morgan fingerprint density at radius 3 is 1.89 bits per heavy atom. The number of rotatable bonds is 4. The minimum absolute atomic E-state index is 0.0623. The normalized spacial score (nSPS) is 27.6. The lowest BCUT2D eigenvalue weighted by Gasteiger charge is -2.29. The smallest absolute Gasteiger partial charge is 0.208 e. The average Bonchev–Trinajstić information content (AvgIpc) is 3.22. The molecule has 28 heavy (non-hydrogen) atoms. The van der Waals surface area contributed by atoms with Gasteiger partial charge in [-0.2, -0.15) is 5.06 Å². The molecule has 0 bridgehead atoms. The molecule has 0 amide bonds. The third kappa shape index (κ3) is 2.99. The Hall–Kier alpha value is -1.74. The minimum Gasteiger partial charge on any atom is -0.277 e. The summed E-state index contributed by atoms with van der Waals surface area (Å²) in [4.78, 5) is 6.08. The van der Waals surface area contributed by atoms with Crippen molar-refractivity contribution in [2.75, 3.05) is 0 Å². The molecule has 0 radical (unpaired) electrons. The first-order valence-electron chi connectivity index (χ1n) is 9.20. The number of fused-ring (bicyclic) bond motifs is 1. The fraction of sp³-hybridized carbons (Fsp3) is 0.400. The first kappa shape index (κ1) is 19.6. The Bertz CT molecular complexity index is 1070. The van der Waals surface area contributed by atoms with Crippen LogP contribution in [0.25, 0.3) is 0 Å². The van der Waals surface area contributed by atoms with Crippen LogP contribution in [0.2, 0.25) is 0 Å². The Labute approximate surface area is 165 Å². The van der Waals surface area contributed by atoms with Crippen LogP contribution in [0.15, 0.2) is 70.5 Å². The average molecular weight is 422 g/mol. The molecule has 4 rings (SSSR count). The zero-order valence-corrected chi connectivity index (χ0v) is 17.4. The van der Waals surface area contributed by atoms with E-state index in [1.165, 1.54) is 24.3 Å². The van der Waals surface area contributed by atoms with Crippen LogP contribution in [0.4, 0.5) is 0 Å². The molecule has 0 aliphatic carbocycles. The highest BCUT2D eigenvalue weighted by atomic mass is 32.2. The van der Waals surface area contributed by atoms with Gasteiger partial charge in [0, 0.05) is 5.54 Å². The van der Waals surface area contributed by atoms with Crippen molar-refractivity contribution in [2.45, 2.75) is 58.7 Å². The first-order chi connectivity index (χ1) is 13.2. The highest BCUT2D eigenvalue weighted by Gasteiger charge is 2.61. The van der Waals surface area contributed by atoms with E-state index in [0.717, 1.165) is 6.42 Å². The summed E-state index contributed by atoms with van der Waals surface area (Å²) in [5.74, 6) is 0. The van der Waals surface area contributed by atoms with Crippen molar-refractivity contribution in [3.63, 3.8) is 0 Å². The van der Waals surface area contributed by atoms with Gasteiger partial charge in [-0.3, -0.25) is 4.84 Å². The third-order valence-corrected chi connectivity index (χ3v) is 9.92. The monoisotopic (exact) mass is 421 g/mol. The molecule has 6 nitrogen and oxygen atoms in total. The summed E-state index contributed by atoms with van der Waals surface area (Å²) in [5, 5.41) is 0.408. The molecule has 2 aromatic rings. The fourth-order valence-electron chi connectivity index (χ4n) is 4.15. The van der Waals surface area contributed by atoms with Gasteiger partial charge in [-0.15, -0.1) is 0 Å². The molecule has 2 saturated heterocycles. The van der Waals surface area contributed by atoms with E-state index in [1.807, 2.05) is 13.8 Å². The van der Waals surface area contributed by atoms with E-state index in [1.54, 1.807) is 41.5 Å². The highest BCUT2D eigenvalue weighted by molar-refractivity contribution is 7.96. The van der Waals surface area contributed by atoms with E-state index in [2.05, 4.69) is 0 Å². The number of hydrogen-bond donors (Lipinski definition) is 0. The summed E-state index contributed by atoms with van der Waals surface area (Å²) in [7, 11) is -7.94. The van der Waals surface area contributed by atoms with Crippen molar-refractivity contribution in [1.29, 1.82) is 0 Å². The van der Waals surface area contributed by atoms with Gasteiger partial charge in [0.25, 0.3) is 0 Å². The van der Waals surface area contributed by atoms with Crippen LogP contribution in [0, 0.1) is 0 Å². The van der Waals surface area contributed by atoms with Crippen molar-refractivity contribution in [2.24, 2.45) is 0 Å². The van der Waals surface area contributed by atoms with Gasteiger partial charge < -0.3 is 0 Å². The van der Waals surface area contributed by atoms with Crippen molar-refractivity contribution in [3.05, 3.63) is 60.7 Å². The Balaban J connectivity index is 1.85. The van der Waals surface area contributed by atoms with Gasteiger partial charge >= 0.3 is 0 Å². The summed E-state index contributed by atoms with van der Waals surface area (Å²) < 4.78 is 53.7. The largest absolute Gasteiger partial charge is 0.277 e. The number of benzene rings is 2. The van der Waals surface area contributed by atoms with Crippen LogP contribution < -0.4 is 0 Å². The van der Waals surface area contributed by atoms with E-state index >= 15 is 0 Å². The molecule has 0 unspecified atom stereocenters. The van der Waals surface area contributed by atoms with E-state index in [-0.39, 0.29) is 9.79 Å². The molecule has 2 aromatic carbocycles. The van der Waals surface area contributed by atoms with Crippen molar-refractivity contribution < 1.29 is 21.7 Å². The molecule has 0 saturated carbocycles. The van der Waals surface area contributed by atoms with E-state index in [9.17, 15) is 16.8 Å². The lowest BCUT2D eigenvalue weighted by atomic mass is 10.0. The topological polar surface area (TPSA) is 80.8 Å². The van der Waals surface area contributed by atoms with Crippen molar-refractivity contribution >= 4 is 19.7 Å². The van der Waals surface area contributed by atoms with Gasteiger partial charge in [0.15, 0.2) is 9.84 Å². The molecule has 2 aliphatic heterocycles. The third-order valence-electron chi connectivity index (χ3n) is 5.62. The molecular weight excluding hydrogens is 398 g/mol. The van der Waals surface area contributed by atoms with E-state index < -0.39 is 41.9 Å². The zero-order valence-electron chi connectivity index (χ0n) is 15.7. The van der Waals surface area contributed by atoms with Crippen molar-refractivity contribution in [3.8, 4) is 0 Å². The molecule has 2 heterocycles. The second kappa shape index (κ2) is 6.66. The van der Waals surface area contributed by atoms with E-state index in [4.69, 9.17) is 4.84 Å². The van der Waals surface area contributed by atoms with Crippen molar-refractivity contribution in [1.82, 2.24) is 5.06 Å². The molecule has 8 heteroatoms. The summed E-state index contributed by atoms with van der Waals surface area (Å²) in [6.07, 6.45) is 1.29. The summed E-state index contributed by atoms with van der Waals surface area (Å²) in [5.41, 5.74) is -1.92. The SMILES string of the molecule is CC1(C)CC[C@@H]2[C@H](S(=O)(=O)c3ccccc3)[C@H](S(=O)(=O)c3ccccc3)ON21. The van der Waals surface area contributed by atoms with Crippen LogP contribution in [-0.2, 0) is 24.5 Å². The lowest BCUT2D eigenvalue weighted by Crippen LogP contribution is -2.43. The van der Waals surface area contributed by atoms with Gasteiger partial charge in [-0.25, -0.2) is 16.8 Å². The molecule has 0 spiro atoms. The Morgan fingerprint density at radius 2 is 1.36 bits per heavy atom. The van der Waals surface area contributed by atoms with Crippen LogP contribution in [-0.4, -0.2) is 44.2 Å². The zero-order chi connectivity index (χ0) is 20.2. The quantitative estimate of drug-likeness (QED) is 0.755. The van der Waals surface area contributed by atoms with Gasteiger partial charge in [0.1, 0.15) is 5.25 Å². The molecule has 2 aliphatic rings. The van der Waals surface area contributed by atoms with Crippen LogP contribution in [0.5, 0.6) is 0 Å². The highest BCUT2D eigenvalue weighted by Crippen LogP contribution is 2.46. The second-order valence-electron chi connectivity index (χ2n) is 7.90. The van der Waals surface area contributed by atoms with E-state index in [0.29, 0.717) is 6.42 Å². The maximum absolute atomic E-state index is 13.5. The van der Waals surface area contributed by atoms with Gasteiger partial charge in [-0.1, -0.05) is 36.4 Å². The Morgan fingerprint density at radius 1 is 0.857 bits per heavy atom. The lowest BCUT2D eigenvalue weighted by molar-refractivity contribution is -0.180. The molecule has 150 valence electrons. The second-order valence-corrected chi connectivity index (χ2v) is 12.0. The maximum Gasteiger partial charge on any atom is 0.208 e. The molecule has 0 aromatic heterocycles. The minimum atomic E-state index is -4.01. The fourth-order valence-corrected chi connectivity index (χ4v) is 8.42. The molecule has 3 atom stereocenters.